The van der Waals surface area contributed by atoms with Gasteiger partial charge in [0.25, 0.3) is 0 Å². The molecule has 1 rings (SSSR count). The van der Waals surface area contributed by atoms with Crippen molar-refractivity contribution in [3.63, 3.8) is 0 Å². The van der Waals surface area contributed by atoms with E-state index in [0.717, 1.165) is 5.69 Å². The Balaban J connectivity index is 3.07. The fourth-order valence-electron chi connectivity index (χ4n) is 1.71. The Morgan fingerprint density at radius 3 is 2.62 bits per heavy atom. The molecule has 0 spiro atoms. The van der Waals surface area contributed by atoms with Gasteiger partial charge >= 0.3 is 0 Å². The number of halogens is 1. The van der Waals surface area contributed by atoms with Gasteiger partial charge in [0.15, 0.2) is 4.60 Å². The van der Waals surface area contributed by atoms with Gasteiger partial charge in [-0.3, -0.25) is 5.84 Å². The lowest BCUT2D eigenvalue weighted by Gasteiger charge is -2.33. The van der Waals surface area contributed by atoms with E-state index in [1.165, 1.54) is 0 Å². The zero-order valence-electron chi connectivity index (χ0n) is 9.99. The number of aryl methyl sites for hydroxylation is 1. The molecule has 0 bridgehead atoms. The van der Waals surface area contributed by atoms with Gasteiger partial charge in [-0.05, 0) is 36.7 Å². The van der Waals surface area contributed by atoms with E-state index in [9.17, 15) is 0 Å². The number of hydrogen-bond acceptors (Lipinski definition) is 5. The quantitative estimate of drug-likeness (QED) is 0.622. The molecule has 1 aromatic rings. The summed E-state index contributed by atoms with van der Waals surface area (Å²) in [6.45, 7) is 6.51. The van der Waals surface area contributed by atoms with Crippen molar-refractivity contribution in [2.24, 2.45) is 12.9 Å². The highest BCUT2D eigenvalue weighted by molar-refractivity contribution is 9.10. The minimum absolute atomic E-state index is 0.193. The number of hydrogen-bond donors (Lipinski definition) is 2. The van der Waals surface area contributed by atoms with Gasteiger partial charge in [0, 0.05) is 13.7 Å². The van der Waals surface area contributed by atoms with Crippen LogP contribution in [0.1, 0.15) is 32.5 Å². The maximum absolute atomic E-state index is 5.68. The van der Waals surface area contributed by atoms with Crippen LogP contribution < -0.4 is 11.3 Å². The molecule has 0 aliphatic carbocycles. The molecule has 3 N–H and O–H groups in total. The van der Waals surface area contributed by atoms with Gasteiger partial charge < -0.3 is 4.74 Å². The molecule has 0 fully saturated rings. The predicted octanol–water partition coefficient (Wildman–Crippen LogP) is 0.897. The summed E-state index contributed by atoms with van der Waals surface area (Å²) in [5.41, 5.74) is 3.17. The van der Waals surface area contributed by atoms with Gasteiger partial charge in [0.05, 0.1) is 17.3 Å². The van der Waals surface area contributed by atoms with E-state index in [4.69, 9.17) is 10.6 Å². The van der Waals surface area contributed by atoms with Crippen molar-refractivity contribution >= 4 is 15.9 Å². The Kier molecular flexibility index (Phi) is 4.43. The summed E-state index contributed by atoms with van der Waals surface area (Å²) in [5, 5.41) is 7.86. The van der Waals surface area contributed by atoms with E-state index >= 15 is 0 Å². The van der Waals surface area contributed by atoms with E-state index in [2.05, 4.69) is 31.7 Å². The number of ether oxygens (including phenoxy) is 1. The van der Waals surface area contributed by atoms with E-state index in [1.54, 1.807) is 4.68 Å². The van der Waals surface area contributed by atoms with Crippen molar-refractivity contribution in [3.8, 4) is 0 Å². The van der Waals surface area contributed by atoms with Crippen molar-refractivity contribution in [1.29, 1.82) is 0 Å². The number of nitrogens with zero attached hydrogens (tertiary/aromatic N) is 3. The molecule has 0 aliphatic rings. The van der Waals surface area contributed by atoms with Crippen molar-refractivity contribution in [3.05, 3.63) is 10.3 Å². The maximum Gasteiger partial charge on any atom is 0.153 e. The summed E-state index contributed by atoms with van der Waals surface area (Å²) in [5.74, 6) is 5.60. The van der Waals surface area contributed by atoms with E-state index in [-0.39, 0.29) is 6.04 Å². The highest BCUT2D eigenvalue weighted by atomic mass is 79.9. The van der Waals surface area contributed by atoms with E-state index in [1.807, 2.05) is 27.8 Å². The summed E-state index contributed by atoms with van der Waals surface area (Å²) in [6, 6.07) is -0.193. The van der Waals surface area contributed by atoms with Gasteiger partial charge in [-0.25, -0.2) is 10.1 Å². The molecule has 7 heteroatoms. The van der Waals surface area contributed by atoms with Crippen LogP contribution in [0, 0.1) is 0 Å². The molecule has 1 heterocycles. The smallest absolute Gasteiger partial charge is 0.153 e. The average molecular weight is 292 g/mol. The van der Waals surface area contributed by atoms with Crippen molar-refractivity contribution in [2.45, 2.75) is 32.4 Å². The predicted molar refractivity (Wildman–Crippen MR) is 64.5 cm³/mol. The third-order valence-electron chi connectivity index (χ3n) is 2.48. The third-order valence-corrected chi connectivity index (χ3v) is 3.04. The summed E-state index contributed by atoms with van der Waals surface area (Å²) >= 11 is 3.36. The lowest BCUT2D eigenvalue weighted by atomic mass is 9.96. The topological polar surface area (TPSA) is 78.0 Å². The standard InChI is InChI=1S/C9H18BrN5O/c1-5-16-9(2,3)7(12-11)6-8(10)13-14-15(6)4/h7,12H,5,11H2,1-4H3. The SMILES string of the molecule is CCOC(C)(C)C(NN)c1c(Br)nnn1C. The monoisotopic (exact) mass is 291 g/mol. The molecular weight excluding hydrogens is 274 g/mol. The lowest BCUT2D eigenvalue weighted by molar-refractivity contribution is -0.0412. The zero-order chi connectivity index (χ0) is 12.3. The summed E-state index contributed by atoms with van der Waals surface area (Å²) in [4.78, 5) is 0. The second-order valence-electron chi connectivity index (χ2n) is 4.03. The first-order valence-electron chi connectivity index (χ1n) is 5.09. The molecule has 92 valence electrons. The number of rotatable bonds is 5. The molecule has 16 heavy (non-hydrogen) atoms. The van der Waals surface area contributed by atoms with Gasteiger partial charge in [0.2, 0.25) is 0 Å². The Bertz CT molecular complexity index is 332. The molecule has 0 saturated carbocycles. The van der Waals surface area contributed by atoms with Crippen LogP contribution in [0.4, 0.5) is 0 Å². The molecule has 1 aromatic heterocycles. The first kappa shape index (κ1) is 13.6. The Morgan fingerprint density at radius 1 is 1.62 bits per heavy atom. The van der Waals surface area contributed by atoms with Gasteiger partial charge in [0.1, 0.15) is 0 Å². The van der Waals surface area contributed by atoms with Crippen molar-refractivity contribution in [2.75, 3.05) is 6.61 Å². The van der Waals surface area contributed by atoms with Crippen LogP contribution >= 0.6 is 15.9 Å². The molecule has 1 unspecified atom stereocenters. The molecule has 0 aliphatic heterocycles. The average Bonchev–Trinajstić information content (AvgIpc) is 2.50. The summed E-state index contributed by atoms with van der Waals surface area (Å²) in [6.07, 6.45) is 0. The van der Waals surface area contributed by atoms with Crippen LogP contribution in [-0.2, 0) is 11.8 Å². The minimum atomic E-state index is -0.443. The molecule has 1 atom stereocenters. The fraction of sp³-hybridized carbons (Fsp3) is 0.778. The van der Waals surface area contributed by atoms with Crippen LogP contribution in [0.3, 0.4) is 0 Å². The molecule has 6 nitrogen and oxygen atoms in total. The van der Waals surface area contributed by atoms with Crippen molar-refractivity contribution < 1.29 is 4.74 Å². The molecule has 0 saturated heterocycles. The van der Waals surface area contributed by atoms with Crippen LogP contribution in [-0.4, -0.2) is 27.2 Å². The molecular formula is C9H18BrN5O. The Labute approximate surface area is 104 Å². The summed E-state index contributed by atoms with van der Waals surface area (Å²) in [7, 11) is 1.82. The van der Waals surface area contributed by atoms with E-state index < -0.39 is 5.60 Å². The largest absolute Gasteiger partial charge is 0.374 e. The van der Waals surface area contributed by atoms with Crippen LogP contribution in [0.15, 0.2) is 4.60 Å². The molecule has 0 aromatic carbocycles. The van der Waals surface area contributed by atoms with Crippen molar-refractivity contribution in [1.82, 2.24) is 20.4 Å². The first-order chi connectivity index (χ1) is 7.44. The Hall–Kier alpha value is -0.500. The normalized spacial score (nSPS) is 14.1. The van der Waals surface area contributed by atoms with Crippen LogP contribution in [0.2, 0.25) is 0 Å². The Morgan fingerprint density at radius 2 is 2.25 bits per heavy atom. The number of hydrazine groups is 1. The maximum atomic E-state index is 5.68. The van der Waals surface area contributed by atoms with Gasteiger partial charge in [-0.15, -0.1) is 5.10 Å². The summed E-state index contributed by atoms with van der Waals surface area (Å²) < 4.78 is 8.03. The van der Waals surface area contributed by atoms with Gasteiger partial charge in [-0.1, -0.05) is 5.21 Å². The number of aromatic nitrogens is 3. The van der Waals surface area contributed by atoms with Crippen LogP contribution in [0.5, 0.6) is 0 Å². The lowest BCUT2D eigenvalue weighted by Crippen LogP contribution is -2.45. The highest BCUT2D eigenvalue weighted by Gasteiger charge is 2.34. The van der Waals surface area contributed by atoms with Crippen LogP contribution in [0.25, 0.3) is 0 Å². The third kappa shape index (κ3) is 2.60. The number of nitrogens with one attached hydrogen (secondary N) is 1. The second-order valence-corrected chi connectivity index (χ2v) is 4.78. The number of nitrogens with two attached hydrogens (primary N) is 1. The highest BCUT2D eigenvalue weighted by Crippen LogP contribution is 2.31. The molecule has 0 radical (unpaired) electrons. The zero-order valence-corrected chi connectivity index (χ0v) is 11.6. The second kappa shape index (κ2) is 5.22. The fourth-order valence-corrected chi connectivity index (χ4v) is 2.27. The van der Waals surface area contributed by atoms with E-state index in [0.29, 0.717) is 11.2 Å². The minimum Gasteiger partial charge on any atom is -0.374 e. The molecule has 0 amide bonds. The van der Waals surface area contributed by atoms with Gasteiger partial charge in [-0.2, -0.15) is 0 Å². The first-order valence-corrected chi connectivity index (χ1v) is 5.88.